The number of phosphoric ester groups is 1. The Kier molecular flexibility index (Phi) is 4.81. The van der Waals surface area contributed by atoms with Gasteiger partial charge in [0.25, 0.3) is 0 Å². The van der Waals surface area contributed by atoms with Crippen LogP contribution in [0.25, 0.3) is 32.3 Å². The van der Waals surface area contributed by atoms with Crippen LogP contribution < -0.4 is 5.73 Å². The Bertz CT molecular complexity index is 882. The van der Waals surface area contributed by atoms with Crippen LogP contribution in [-0.4, -0.2) is 22.9 Å². The van der Waals surface area contributed by atoms with Gasteiger partial charge < -0.3 is 15.5 Å². The zero-order chi connectivity index (χ0) is 17.2. The number of benzene rings is 4. The van der Waals surface area contributed by atoms with Crippen molar-refractivity contribution in [3.63, 3.8) is 0 Å². The summed E-state index contributed by atoms with van der Waals surface area (Å²) in [6.45, 7) is 0.00931. The molecule has 0 saturated carbocycles. The van der Waals surface area contributed by atoms with Crippen LogP contribution in [0.3, 0.4) is 0 Å². The van der Waals surface area contributed by atoms with Gasteiger partial charge in [-0.25, -0.2) is 4.57 Å². The van der Waals surface area contributed by atoms with Gasteiger partial charge in [-0.15, -0.1) is 0 Å². The molecule has 0 spiro atoms. The molecular formula is C18H18NO4P. The van der Waals surface area contributed by atoms with E-state index in [1.165, 1.54) is 32.3 Å². The van der Waals surface area contributed by atoms with E-state index in [2.05, 4.69) is 65.2 Å². The standard InChI is InChI=1S/C16H10.C2H8NO4P/c1-3-11-7-9-13-5-2-6-14-10-8-12(4-1)15(11)16(13)14;3-1-2-7-8(4,5)6/h1-10H;1-3H2,(H2,4,5,6). The van der Waals surface area contributed by atoms with E-state index in [1.54, 1.807) is 0 Å². The summed E-state index contributed by atoms with van der Waals surface area (Å²) in [5.41, 5.74) is 4.87. The van der Waals surface area contributed by atoms with E-state index in [-0.39, 0.29) is 13.2 Å². The molecule has 4 aromatic carbocycles. The molecule has 4 aromatic rings. The van der Waals surface area contributed by atoms with Crippen molar-refractivity contribution < 1.29 is 18.9 Å². The molecule has 0 fully saturated rings. The molecule has 0 saturated heterocycles. The summed E-state index contributed by atoms with van der Waals surface area (Å²) in [5, 5.41) is 8.14. The van der Waals surface area contributed by atoms with E-state index in [0.717, 1.165) is 0 Å². The lowest BCUT2D eigenvalue weighted by atomic mass is 9.95. The van der Waals surface area contributed by atoms with Gasteiger partial charge in [-0.2, -0.15) is 0 Å². The maximum Gasteiger partial charge on any atom is 0.469 e. The third kappa shape index (κ3) is 3.56. The highest BCUT2D eigenvalue weighted by molar-refractivity contribution is 7.46. The van der Waals surface area contributed by atoms with Crippen LogP contribution in [0.5, 0.6) is 0 Å². The number of phosphoric acid groups is 1. The summed E-state index contributed by atoms with van der Waals surface area (Å²) in [6.07, 6.45) is 0. The molecule has 0 aliphatic heterocycles. The Morgan fingerprint density at radius 3 is 1.42 bits per heavy atom. The highest BCUT2D eigenvalue weighted by Gasteiger charge is 2.11. The fourth-order valence-electron chi connectivity index (χ4n) is 2.84. The van der Waals surface area contributed by atoms with Gasteiger partial charge in [0.05, 0.1) is 6.61 Å². The molecule has 0 unspecified atom stereocenters. The minimum Gasteiger partial charge on any atom is -0.328 e. The molecule has 24 heavy (non-hydrogen) atoms. The van der Waals surface area contributed by atoms with E-state index >= 15 is 0 Å². The van der Waals surface area contributed by atoms with Crippen molar-refractivity contribution in [1.29, 1.82) is 0 Å². The van der Waals surface area contributed by atoms with Crippen molar-refractivity contribution in [3.8, 4) is 0 Å². The van der Waals surface area contributed by atoms with Gasteiger partial charge in [-0.3, -0.25) is 4.52 Å². The zero-order valence-corrected chi connectivity index (χ0v) is 13.8. The first-order valence-electron chi connectivity index (χ1n) is 7.52. The van der Waals surface area contributed by atoms with Gasteiger partial charge in [-0.05, 0) is 32.3 Å². The molecule has 4 N–H and O–H groups in total. The number of hydrogen-bond donors (Lipinski definition) is 3. The van der Waals surface area contributed by atoms with Crippen molar-refractivity contribution in [2.24, 2.45) is 5.73 Å². The summed E-state index contributed by atoms with van der Waals surface area (Å²) in [5.74, 6) is 0. The van der Waals surface area contributed by atoms with Crippen LogP contribution in [-0.2, 0) is 9.09 Å². The largest absolute Gasteiger partial charge is 0.469 e. The Hall–Kier alpha value is -2.01. The van der Waals surface area contributed by atoms with E-state index in [9.17, 15) is 4.57 Å². The second kappa shape index (κ2) is 6.85. The van der Waals surface area contributed by atoms with Gasteiger partial charge in [0, 0.05) is 6.54 Å². The Labute approximate surface area is 139 Å². The fourth-order valence-corrected chi connectivity index (χ4v) is 3.18. The summed E-state index contributed by atoms with van der Waals surface area (Å²) in [7, 11) is -4.26. The first kappa shape index (κ1) is 16.8. The van der Waals surface area contributed by atoms with Crippen LogP contribution in [0.1, 0.15) is 0 Å². The topological polar surface area (TPSA) is 92.8 Å². The van der Waals surface area contributed by atoms with Crippen molar-refractivity contribution in [3.05, 3.63) is 60.7 Å². The molecule has 0 aliphatic rings. The van der Waals surface area contributed by atoms with Crippen LogP contribution >= 0.6 is 7.82 Å². The highest BCUT2D eigenvalue weighted by atomic mass is 31.2. The molecule has 0 aromatic heterocycles. The molecule has 6 heteroatoms. The summed E-state index contributed by atoms with van der Waals surface area (Å²) >= 11 is 0. The lowest BCUT2D eigenvalue weighted by Crippen LogP contribution is -2.06. The lowest BCUT2D eigenvalue weighted by Gasteiger charge is -2.09. The maximum atomic E-state index is 9.81. The lowest BCUT2D eigenvalue weighted by molar-refractivity contribution is 0.202. The van der Waals surface area contributed by atoms with Gasteiger partial charge in [0.15, 0.2) is 0 Å². The van der Waals surface area contributed by atoms with Crippen LogP contribution in [0.2, 0.25) is 0 Å². The van der Waals surface area contributed by atoms with Crippen LogP contribution in [0.4, 0.5) is 0 Å². The molecule has 0 radical (unpaired) electrons. The zero-order valence-electron chi connectivity index (χ0n) is 12.9. The monoisotopic (exact) mass is 343 g/mol. The van der Waals surface area contributed by atoms with Gasteiger partial charge in [0.1, 0.15) is 0 Å². The predicted molar refractivity (Wildman–Crippen MR) is 97.2 cm³/mol. The molecular weight excluding hydrogens is 325 g/mol. The average molecular weight is 343 g/mol. The molecule has 0 heterocycles. The highest BCUT2D eigenvalue weighted by Crippen LogP contribution is 2.35. The summed E-state index contributed by atoms with van der Waals surface area (Å²) in [4.78, 5) is 16.0. The van der Waals surface area contributed by atoms with Gasteiger partial charge in [-0.1, -0.05) is 60.7 Å². The minimum atomic E-state index is -4.26. The molecule has 124 valence electrons. The van der Waals surface area contributed by atoms with Crippen LogP contribution in [0.15, 0.2) is 60.7 Å². The Balaban J connectivity index is 0.000000183. The molecule has 0 bridgehead atoms. The van der Waals surface area contributed by atoms with E-state index in [1.807, 2.05) is 0 Å². The third-order valence-corrected chi connectivity index (χ3v) is 4.29. The second-order valence-corrected chi connectivity index (χ2v) is 6.64. The van der Waals surface area contributed by atoms with E-state index < -0.39 is 7.82 Å². The molecule has 5 nitrogen and oxygen atoms in total. The third-order valence-electron chi connectivity index (χ3n) is 3.77. The molecule has 0 atom stereocenters. The molecule has 4 rings (SSSR count). The molecule has 0 amide bonds. The fraction of sp³-hybridized carbons (Fsp3) is 0.111. The normalized spacial score (nSPS) is 11.8. The summed E-state index contributed by atoms with van der Waals surface area (Å²) < 4.78 is 13.7. The average Bonchev–Trinajstić information content (AvgIpc) is 2.58. The van der Waals surface area contributed by atoms with Crippen LogP contribution in [0, 0.1) is 0 Å². The Morgan fingerprint density at radius 1 is 0.792 bits per heavy atom. The van der Waals surface area contributed by atoms with Crippen molar-refractivity contribution in [2.75, 3.05) is 13.2 Å². The van der Waals surface area contributed by atoms with Crippen molar-refractivity contribution >= 4 is 40.1 Å². The van der Waals surface area contributed by atoms with Crippen molar-refractivity contribution in [2.45, 2.75) is 0 Å². The van der Waals surface area contributed by atoms with E-state index in [4.69, 9.17) is 15.5 Å². The second-order valence-electron chi connectivity index (χ2n) is 5.40. The minimum absolute atomic E-state index is 0.107. The number of rotatable bonds is 3. The number of hydrogen-bond acceptors (Lipinski definition) is 3. The van der Waals surface area contributed by atoms with Gasteiger partial charge >= 0.3 is 7.82 Å². The summed E-state index contributed by atoms with van der Waals surface area (Å²) in [6, 6.07) is 21.9. The first-order chi connectivity index (χ1) is 11.5. The van der Waals surface area contributed by atoms with E-state index in [0.29, 0.717) is 0 Å². The Morgan fingerprint density at radius 2 is 1.17 bits per heavy atom. The maximum absolute atomic E-state index is 9.81. The van der Waals surface area contributed by atoms with Gasteiger partial charge in [0.2, 0.25) is 0 Å². The number of nitrogens with two attached hydrogens (primary N) is 1. The quantitative estimate of drug-likeness (QED) is 0.390. The molecule has 0 aliphatic carbocycles. The predicted octanol–water partition coefficient (Wildman–Crippen LogP) is 3.64. The smallest absolute Gasteiger partial charge is 0.328 e. The first-order valence-corrected chi connectivity index (χ1v) is 9.05. The SMILES string of the molecule is NCCOP(=O)(O)O.c1cc2ccc3cccc4ccc(c1)c2c34. The van der Waals surface area contributed by atoms with Crippen molar-refractivity contribution in [1.82, 2.24) is 0 Å².